The minimum atomic E-state index is -1.33. The van der Waals surface area contributed by atoms with Crippen molar-refractivity contribution in [2.24, 2.45) is 0 Å². The molecule has 0 unspecified atom stereocenters. The molecule has 0 radical (unpaired) electrons. The van der Waals surface area contributed by atoms with Crippen LogP contribution in [0.2, 0.25) is 0 Å². The van der Waals surface area contributed by atoms with Gasteiger partial charge < -0.3 is 14.6 Å². The van der Waals surface area contributed by atoms with Crippen molar-refractivity contribution in [3.05, 3.63) is 18.2 Å². The van der Waals surface area contributed by atoms with Crippen molar-refractivity contribution in [3.63, 3.8) is 0 Å². The molecule has 6 heteroatoms. The standard InChI is InChI=1S/C13H17NO5/c1-4-18-11-7-6-10(8-12(11)19-5-2)14(9(3)15)13(16)17/h6-8H,4-5H2,1-3H3,(H,16,17). The number of hydrogen-bond donors (Lipinski definition) is 1. The monoisotopic (exact) mass is 267 g/mol. The first-order chi connectivity index (χ1) is 9.01. The molecule has 0 saturated carbocycles. The highest BCUT2D eigenvalue weighted by Crippen LogP contribution is 2.32. The first kappa shape index (κ1) is 14.8. The van der Waals surface area contributed by atoms with Gasteiger partial charge >= 0.3 is 6.09 Å². The molecule has 0 aliphatic carbocycles. The number of rotatable bonds is 5. The fourth-order valence-corrected chi connectivity index (χ4v) is 1.61. The number of carbonyl (C=O) groups is 2. The van der Waals surface area contributed by atoms with Crippen LogP contribution in [0.1, 0.15) is 20.8 Å². The Bertz CT molecular complexity index is 458. The molecule has 1 aromatic carbocycles. The Morgan fingerprint density at radius 3 is 2.21 bits per heavy atom. The minimum absolute atomic E-state index is 0.229. The number of imide groups is 1. The third kappa shape index (κ3) is 3.61. The first-order valence-corrected chi connectivity index (χ1v) is 5.94. The normalized spacial score (nSPS) is 9.84. The molecular weight excluding hydrogens is 250 g/mol. The van der Waals surface area contributed by atoms with Gasteiger partial charge in [0.25, 0.3) is 0 Å². The van der Waals surface area contributed by atoms with E-state index >= 15 is 0 Å². The predicted octanol–water partition coefficient (Wildman–Crippen LogP) is 2.51. The van der Waals surface area contributed by atoms with Crippen LogP contribution in [0, 0.1) is 0 Å². The summed E-state index contributed by atoms with van der Waals surface area (Å²) in [7, 11) is 0. The van der Waals surface area contributed by atoms with Crippen LogP contribution in [-0.2, 0) is 4.79 Å². The molecule has 19 heavy (non-hydrogen) atoms. The molecule has 104 valence electrons. The maximum atomic E-state index is 11.3. The van der Waals surface area contributed by atoms with E-state index in [0.29, 0.717) is 29.6 Å². The second-order valence-corrected chi connectivity index (χ2v) is 3.63. The van der Waals surface area contributed by atoms with E-state index in [9.17, 15) is 9.59 Å². The SMILES string of the molecule is CCOc1ccc(N(C(C)=O)C(=O)O)cc1OCC. The number of amides is 2. The molecule has 0 atom stereocenters. The molecule has 0 bridgehead atoms. The predicted molar refractivity (Wildman–Crippen MR) is 70.0 cm³/mol. The lowest BCUT2D eigenvalue weighted by Gasteiger charge is -2.18. The van der Waals surface area contributed by atoms with Gasteiger partial charge in [-0.2, -0.15) is 0 Å². The van der Waals surface area contributed by atoms with Crippen molar-refractivity contribution < 1.29 is 24.2 Å². The van der Waals surface area contributed by atoms with Gasteiger partial charge in [-0.3, -0.25) is 4.79 Å². The highest BCUT2D eigenvalue weighted by Gasteiger charge is 2.20. The summed E-state index contributed by atoms with van der Waals surface area (Å²) < 4.78 is 10.8. The molecule has 1 N–H and O–H groups in total. The number of anilines is 1. The van der Waals surface area contributed by atoms with Crippen molar-refractivity contribution >= 4 is 17.7 Å². The van der Waals surface area contributed by atoms with E-state index < -0.39 is 12.0 Å². The summed E-state index contributed by atoms with van der Waals surface area (Å²) in [6.07, 6.45) is -1.33. The maximum Gasteiger partial charge on any atom is 0.418 e. The second kappa shape index (κ2) is 6.63. The smallest absolute Gasteiger partial charge is 0.418 e. The zero-order valence-electron chi connectivity index (χ0n) is 11.2. The van der Waals surface area contributed by atoms with Crippen LogP contribution >= 0.6 is 0 Å². The number of carbonyl (C=O) groups excluding carboxylic acids is 1. The lowest BCUT2D eigenvalue weighted by molar-refractivity contribution is -0.116. The molecule has 0 saturated heterocycles. The number of hydrogen-bond acceptors (Lipinski definition) is 4. The lowest BCUT2D eigenvalue weighted by atomic mass is 10.2. The highest BCUT2D eigenvalue weighted by atomic mass is 16.5. The van der Waals surface area contributed by atoms with Gasteiger partial charge in [0, 0.05) is 13.0 Å². The van der Waals surface area contributed by atoms with E-state index in [4.69, 9.17) is 14.6 Å². The Hall–Kier alpha value is -2.24. The average molecular weight is 267 g/mol. The molecule has 0 aliphatic rings. The van der Waals surface area contributed by atoms with Crippen LogP contribution in [-0.4, -0.2) is 30.3 Å². The van der Waals surface area contributed by atoms with E-state index in [1.54, 1.807) is 6.07 Å². The van der Waals surface area contributed by atoms with E-state index in [1.165, 1.54) is 19.1 Å². The highest BCUT2D eigenvalue weighted by molar-refractivity contribution is 6.10. The molecule has 1 aromatic rings. The quantitative estimate of drug-likeness (QED) is 0.887. The van der Waals surface area contributed by atoms with Gasteiger partial charge in [-0.1, -0.05) is 0 Å². The van der Waals surface area contributed by atoms with E-state index in [0.717, 1.165) is 0 Å². The molecule has 6 nitrogen and oxygen atoms in total. The summed E-state index contributed by atoms with van der Waals surface area (Å²) in [4.78, 5) is 23.0. The van der Waals surface area contributed by atoms with Crippen LogP contribution in [0.25, 0.3) is 0 Å². The zero-order chi connectivity index (χ0) is 14.4. The van der Waals surface area contributed by atoms with Crippen molar-refractivity contribution in [1.82, 2.24) is 0 Å². The minimum Gasteiger partial charge on any atom is -0.490 e. The summed E-state index contributed by atoms with van der Waals surface area (Å²) in [5.41, 5.74) is 0.229. The molecule has 0 aliphatic heterocycles. The third-order valence-corrected chi connectivity index (χ3v) is 2.29. The Morgan fingerprint density at radius 1 is 1.16 bits per heavy atom. The van der Waals surface area contributed by atoms with E-state index in [-0.39, 0.29) is 5.69 Å². The van der Waals surface area contributed by atoms with Crippen LogP contribution in [0.5, 0.6) is 11.5 Å². The first-order valence-electron chi connectivity index (χ1n) is 5.94. The second-order valence-electron chi connectivity index (χ2n) is 3.63. The van der Waals surface area contributed by atoms with E-state index in [2.05, 4.69) is 0 Å². The lowest BCUT2D eigenvalue weighted by Crippen LogP contribution is -2.33. The van der Waals surface area contributed by atoms with Gasteiger partial charge in [-0.15, -0.1) is 0 Å². The van der Waals surface area contributed by atoms with Gasteiger partial charge in [0.15, 0.2) is 11.5 Å². The van der Waals surface area contributed by atoms with Gasteiger partial charge in [-0.25, -0.2) is 9.69 Å². The fourth-order valence-electron chi connectivity index (χ4n) is 1.61. The average Bonchev–Trinajstić information content (AvgIpc) is 2.32. The largest absolute Gasteiger partial charge is 0.490 e. The number of ether oxygens (including phenoxy) is 2. The van der Waals surface area contributed by atoms with Gasteiger partial charge in [-0.05, 0) is 26.0 Å². The number of benzene rings is 1. The van der Waals surface area contributed by atoms with Gasteiger partial charge in [0.05, 0.1) is 18.9 Å². The molecule has 0 heterocycles. The Balaban J connectivity index is 3.19. The van der Waals surface area contributed by atoms with Crippen LogP contribution in [0.3, 0.4) is 0 Å². The summed E-state index contributed by atoms with van der Waals surface area (Å²) in [6.45, 7) is 5.71. The maximum absolute atomic E-state index is 11.3. The number of carboxylic acid groups (broad SMARTS) is 1. The Morgan fingerprint density at radius 2 is 1.74 bits per heavy atom. The molecule has 2 amide bonds. The van der Waals surface area contributed by atoms with Crippen molar-refractivity contribution in [3.8, 4) is 11.5 Å². The molecule has 0 fully saturated rings. The molecule has 1 rings (SSSR count). The van der Waals surface area contributed by atoms with Gasteiger partial charge in [0.1, 0.15) is 0 Å². The van der Waals surface area contributed by atoms with Crippen LogP contribution in [0.15, 0.2) is 18.2 Å². The zero-order valence-corrected chi connectivity index (χ0v) is 11.2. The summed E-state index contributed by atoms with van der Waals surface area (Å²) in [5, 5.41) is 9.02. The summed E-state index contributed by atoms with van der Waals surface area (Å²) in [6, 6.07) is 4.57. The van der Waals surface area contributed by atoms with Crippen molar-refractivity contribution in [2.45, 2.75) is 20.8 Å². The van der Waals surface area contributed by atoms with Crippen LogP contribution in [0.4, 0.5) is 10.5 Å². The van der Waals surface area contributed by atoms with Gasteiger partial charge in [0.2, 0.25) is 5.91 Å². The molecule has 0 spiro atoms. The van der Waals surface area contributed by atoms with Crippen molar-refractivity contribution in [1.29, 1.82) is 0 Å². The summed E-state index contributed by atoms with van der Waals surface area (Å²) in [5.74, 6) is 0.343. The number of nitrogens with zero attached hydrogens (tertiary/aromatic N) is 1. The third-order valence-electron chi connectivity index (χ3n) is 2.29. The molecular formula is C13H17NO5. The Kier molecular flexibility index (Phi) is 5.17. The summed E-state index contributed by atoms with van der Waals surface area (Å²) >= 11 is 0. The van der Waals surface area contributed by atoms with Crippen LogP contribution < -0.4 is 14.4 Å². The molecule has 0 aromatic heterocycles. The van der Waals surface area contributed by atoms with E-state index in [1.807, 2.05) is 13.8 Å². The fraction of sp³-hybridized carbons (Fsp3) is 0.385. The Labute approximate surface area is 111 Å². The van der Waals surface area contributed by atoms with Crippen molar-refractivity contribution in [2.75, 3.05) is 18.1 Å². The topological polar surface area (TPSA) is 76.1 Å².